The van der Waals surface area contributed by atoms with Crippen LogP contribution in [0.1, 0.15) is 22.3 Å². The van der Waals surface area contributed by atoms with E-state index in [4.69, 9.17) is 4.99 Å². The molecule has 0 saturated heterocycles. The zero-order chi connectivity index (χ0) is 15.5. The van der Waals surface area contributed by atoms with Gasteiger partial charge in [0.25, 0.3) is 0 Å². The van der Waals surface area contributed by atoms with Gasteiger partial charge in [0.1, 0.15) is 0 Å². The van der Waals surface area contributed by atoms with Gasteiger partial charge in [0, 0.05) is 11.1 Å². The topological polar surface area (TPSA) is 12.4 Å². The summed E-state index contributed by atoms with van der Waals surface area (Å²) >= 11 is 0. The molecule has 0 saturated carbocycles. The highest BCUT2D eigenvalue weighted by Gasteiger charge is 2.21. The summed E-state index contributed by atoms with van der Waals surface area (Å²) in [6.07, 6.45) is 2.08. The molecular formula is C22H19N. The highest BCUT2D eigenvalue weighted by molar-refractivity contribution is 6.13. The minimum Gasteiger partial charge on any atom is -0.280 e. The number of benzene rings is 3. The van der Waals surface area contributed by atoms with E-state index in [1.165, 1.54) is 22.3 Å². The Hall–Kier alpha value is -2.67. The van der Waals surface area contributed by atoms with Crippen LogP contribution in [0.2, 0.25) is 0 Å². The molecule has 1 aliphatic rings. The summed E-state index contributed by atoms with van der Waals surface area (Å²) < 4.78 is 0. The van der Waals surface area contributed by atoms with E-state index in [0.29, 0.717) is 6.04 Å². The van der Waals surface area contributed by atoms with Crippen LogP contribution < -0.4 is 0 Å². The summed E-state index contributed by atoms with van der Waals surface area (Å²) in [5.41, 5.74) is 6.37. The van der Waals surface area contributed by atoms with Gasteiger partial charge >= 0.3 is 0 Å². The predicted molar refractivity (Wildman–Crippen MR) is 96.2 cm³/mol. The first-order valence-electron chi connectivity index (χ1n) is 8.15. The van der Waals surface area contributed by atoms with Crippen molar-refractivity contribution in [2.75, 3.05) is 0 Å². The molecule has 0 radical (unpaired) electrons. The van der Waals surface area contributed by atoms with Crippen molar-refractivity contribution in [3.63, 3.8) is 0 Å². The van der Waals surface area contributed by atoms with E-state index in [0.717, 1.165) is 18.6 Å². The lowest BCUT2D eigenvalue weighted by molar-refractivity contribution is 0.724. The molecule has 112 valence electrons. The van der Waals surface area contributed by atoms with Crippen LogP contribution in [-0.4, -0.2) is 11.8 Å². The van der Waals surface area contributed by atoms with Gasteiger partial charge in [-0.1, -0.05) is 84.9 Å². The molecule has 0 amide bonds. The maximum Gasteiger partial charge on any atom is 0.0722 e. The minimum atomic E-state index is 0.336. The normalized spacial score (nSPS) is 13.6. The Bertz CT molecular complexity index is 752. The molecule has 23 heavy (non-hydrogen) atoms. The van der Waals surface area contributed by atoms with Crippen molar-refractivity contribution in [3.8, 4) is 0 Å². The number of hydrogen-bond donors (Lipinski definition) is 0. The monoisotopic (exact) mass is 298 g/mol. The van der Waals surface area contributed by atoms with E-state index < -0.39 is 0 Å². The van der Waals surface area contributed by atoms with Crippen molar-refractivity contribution in [2.45, 2.75) is 18.9 Å². The van der Waals surface area contributed by atoms with Gasteiger partial charge in [-0.05, 0) is 24.0 Å². The average Bonchev–Trinajstić information content (AvgIpc) is 3.04. The van der Waals surface area contributed by atoms with E-state index in [-0.39, 0.29) is 0 Å². The van der Waals surface area contributed by atoms with Gasteiger partial charge in [0.2, 0.25) is 0 Å². The van der Waals surface area contributed by atoms with Crippen molar-refractivity contribution < 1.29 is 0 Å². The van der Waals surface area contributed by atoms with Gasteiger partial charge in [0.15, 0.2) is 0 Å². The van der Waals surface area contributed by atoms with Gasteiger partial charge < -0.3 is 0 Å². The van der Waals surface area contributed by atoms with Gasteiger partial charge in [-0.3, -0.25) is 4.99 Å². The Morgan fingerprint density at radius 2 is 1.04 bits per heavy atom. The van der Waals surface area contributed by atoms with Crippen molar-refractivity contribution in [3.05, 3.63) is 107 Å². The molecule has 0 atom stereocenters. The van der Waals surface area contributed by atoms with Crippen molar-refractivity contribution in [2.24, 2.45) is 4.99 Å². The molecule has 3 aromatic rings. The molecule has 0 fully saturated rings. The first kappa shape index (κ1) is 14.0. The van der Waals surface area contributed by atoms with Crippen LogP contribution in [0.15, 0.2) is 89.9 Å². The first-order valence-corrected chi connectivity index (χ1v) is 8.15. The van der Waals surface area contributed by atoms with Crippen LogP contribution in [0.4, 0.5) is 0 Å². The van der Waals surface area contributed by atoms with Crippen LogP contribution in [-0.2, 0) is 12.8 Å². The molecule has 4 rings (SSSR count). The van der Waals surface area contributed by atoms with E-state index in [1.54, 1.807) is 0 Å². The molecule has 3 aromatic carbocycles. The predicted octanol–water partition coefficient (Wildman–Crippen LogP) is 4.69. The third-order valence-electron chi connectivity index (χ3n) is 4.44. The summed E-state index contributed by atoms with van der Waals surface area (Å²) in [4.78, 5) is 5.15. The first-order chi connectivity index (χ1) is 11.4. The SMILES string of the molecule is c1ccc(C(=[15N]C2Cc3ccccc3C2)c2ccccc2)cc1. The molecule has 0 spiro atoms. The van der Waals surface area contributed by atoms with Crippen LogP contribution in [0.5, 0.6) is 0 Å². The summed E-state index contributed by atoms with van der Waals surface area (Å²) in [7, 11) is 0. The molecule has 0 N–H and O–H groups in total. The Morgan fingerprint density at radius 3 is 1.52 bits per heavy atom. The number of nitrogens with zero attached hydrogens (tertiary/aromatic N) is 1. The Morgan fingerprint density at radius 1 is 0.609 bits per heavy atom. The van der Waals surface area contributed by atoms with Crippen LogP contribution >= 0.6 is 0 Å². The van der Waals surface area contributed by atoms with E-state index in [9.17, 15) is 0 Å². The third kappa shape index (κ3) is 2.95. The summed E-state index contributed by atoms with van der Waals surface area (Å²) in [6, 6.07) is 30.1. The second-order valence-electron chi connectivity index (χ2n) is 6.04. The molecule has 0 unspecified atom stereocenters. The van der Waals surface area contributed by atoms with Crippen molar-refractivity contribution in [1.82, 2.24) is 0 Å². The Labute approximate surface area is 137 Å². The molecule has 0 aromatic heterocycles. The molecule has 0 aliphatic heterocycles. The van der Waals surface area contributed by atoms with E-state index in [2.05, 4.69) is 84.9 Å². The molecule has 0 heterocycles. The lowest BCUT2D eigenvalue weighted by Gasteiger charge is -2.11. The smallest absolute Gasteiger partial charge is 0.0722 e. The average molecular weight is 298 g/mol. The fourth-order valence-electron chi connectivity index (χ4n) is 3.32. The van der Waals surface area contributed by atoms with Crippen LogP contribution in [0, 0.1) is 0 Å². The Kier molecular flexibility index (Phi) is 3.77. The number of rotatable bonds is 3. The van der Waals surface area contributed by atoms with Gasteiger partial charge in [-0.25, -0.2) is 0 Å². The zero-order valence-corrected chi connectivity index (χ0v) is 13.0. The third-order valence-corrected chi connectivity index (χ3v) is 4.44. The molecule has 1 nitrogen and oxygen atoms in total. The maximum atomic E-state index is 5.15. The van der Waals surface area contributed by atoms with E-state index in [1.807, 2.05) is 0 Å². The quantitative estimate of drug-likeness (QED) is 0.491. The largest absolute Gasteiger partial charge is 0.280 e. The van der Waals surface area contributed by atoms with Crippen LogP contribution in [0.3, 0.4) is 0 Å². The summed E-state index contributed by atoms with van der Waals surface area (Å²) in [5.74, 6) is 0. The van der Waals surface area contributed by atoms with Gasteiger partial charge in [-0.2, -0.15) is 0 Å². The maximum absolute atomic E-state index is 5.15. The van der Waals surface area contributed by atoms with Crippen molar-refractivity contribution >= 4 is 5.71 Å². The minimum absolute atomic E-state index is 0.336. The Balaban J connectivity index is 1.72. The summed E-state index contributed by atoms with van der Waals surface area (Å²) in [5, 5.41) is 0. The highest BCUT2D eigenvalue weighted by atomic mass is 15.5. The second-order valence-corrected chi connectivity index (χ2v) is 6.04. The highest BCUT2D eigenvalue weighted by Crippen LogP contribution is 2.25. The molecule has 1 aliphatic carbocycles. The fraction of sp³-hybridized carbons (Fsp3) is 0.136. The summed E-state index contributed by atoms with van der Waals surface area (Å²) in [6.45, 7) is 0. The van der Waals surface area contributed by atoms with E-state index >= 15 is 0 Å². The van der Waals surface area contributed by atoms with Crippen LogP contribution in [0.25, 0.3) is 0 Å². The number of hydrogen-bond acceptors (Lipinski definition) is 1. The molecular weight excluding hydrogens is 279 g/mol. The lowest BCUT2D eigenvalue weighted by Crippen LogP contribution is -2.11. The standard InChI is InChI=1S/C22H19N/c1-3-9-17(10-4-1)22(18-11-5-2-6-12-18)23-21-15-19-13-7-8-14-20(19)16-21/h1-14,21H,15-16H2/i23+1. The number of fused-ring (bicyclic) bond motifs is 1. The molecule has 0 bridgehead atoms. The fourth-order valence-corrected chi connectivity index (χ4v) is 3.32. The van der Waals surface area contributed by atoms with Gasteiger partial charge in [0.05, 0.1) is 11.8 Å². The van der Waals surface area contributed by atoms with Crippen molar-refractivity contribution in [1.29, 1.82) is 0 Å². The zero-order valence-electron chi connectivity index (χ0n) is 13.0. The second kappa shape index (κ2) is 6.21. The molecule has 1 heteroatoms. The van der Waals surface area contributed by atoms with Gasteiger partial charge in [-0.15, -0.1) is 0 Å². The lowest BCUT2D eigenvalue weighted by atomic mass is 10.0. The number of aliphatic imine (C=N–C) groups is 1.